The molecule has 1 aliphatic heterocycles. The summed E-state index contributed by atoms with van der Waals surface area (Å²) in [5.41, 5.74) is -0.304. The van der Waals surface area contributed by atoms with E-state index in [-0.39, 0.29) is 24.2 Å². The summed E-state index contributed by atoms with van der Waals surface area (Å²) in [4.78, 5) is 30.7. The van der Waals surface area contributed by atoms with E-state index in [9.17, 15) is 22.8 Å². The molecule has 1 aromatic rings. The van der Waals surface area contributed by atoms with Crippen LogP contribution in [-0.2, 0) is 28.7 Å². The number of carbonyl (C=O) groups is 2. The number of fused-ring (bicyclic) bond motifs is 2. The van der Waals surface area contributed by atoms with Gasteiger partial charge < -0.3 is 4.90 Å². The van der Waals surface area contributed by atoms with E-state index in [4.69, 9.17) is 0 Å². The SMILES string of the molecule is O=C1CC2CCCC2(C(=O)N2CCc3ncc(C(F)(F)F)cc3C2)C1. The molecule has 0 aromatic carbocycles. The van der Waals surface area contributed by atoms with Gasteiger partial charge in [0.2, 0.25) is 5.91 Å². The third-order valence-corrected chi connectivity index (χ3v) is 6.02. The van der Waals surface area contributed by atoms with Crippen LogP contribution in [0.15, 0.2) is 12.3 Å². The molecule has 0 N–H and O–H groups in total. The Morgan fingerprint density at radius 1 is 1.36 bits per heavy atom. The summed E-state index contributed by atoms with van der Waals surface area (Å²) in [5.74, 6) is 0.189. The molecule has 0 bridgehead atoms. The molecule has 134 valence electrons. The normalized spacial score (nSPS) is 28.8. The van der Waals surface area contributed by atoms with Gasteiger partial charge in [-0.25, -0.2) is 0 Å². The molecule has 4 rings (SSSR count). The van der Waals surface area contributed by atoms with Gasteiger partial charge in [-0.2, -0.15) is 13.2 Å². The summed E-state index contributed by atoms with van der Waals surface area (Å²) in [5, 5.41) is 0. The van der Waals surface area contributed by atoms with E-state index in [0.717, 1.165) is 25.1 Å². The van der Waals surface area contributed by atoms with Crippen molar-refractivity contribution in [3.8, 4) is 0 Å². The van der Waals surface area contributed by atoms with Crippen LogP contribution < -0.4 is 0 Å². The van der Waals surface area contributed by atoms with Crippen LogP contribution in [0.5, 0.6) is 0 Å². The van der Waals surface area contributed by atoms with E-state index >= 15 is 0 Å². The second-order valence-corrected chi connectivity index (χ2v) is 7.47. The lowest BCUT2D eigenvalue weighted by atomic mass is 9.78. The first kappa shape index (κ1) is 16.5. The number of halogens is 3. The smallest absolute Gasteiger partial charge is 0.337 e. The lowest BCUT2D eigenvalue weighted by Crippen LogP contribution is -2.46. The van der Waals surface area contributed by atoms with Gasteiger partial charge in [-0.1, -0.05) is 6.42 Å². The van der Waals surface area contributed by atoms with Crippen LogP contribution in [0.4, 0.5) is 13.2 Å². The molecule has 7 heteroatoms. The van der Waals surface area contributed by atoms with E-state index in [0.29, 0.717) is 43.5 Å². The van der Waals surface area contributed by atoms with E-state index in [2.05, 4.69) is 4.98 Å². The number of hydrogen-bond acceptors (Lipinski definition) is 3. The molecule has 2 heterocycles. The molecule has 4 nitrogen and oxygen atoms in total. The maximum Gasteiger partial charge on any atom is 0.417 e. The molecule has 0 radical (unpaired) electrons. The fourth-order valence-electron chi connectivity index (χ4n) is 4.80. The van der Waals surface area contributed by atoms with Gasteiger partial charge in [0.15, 0.2) is 0 Å². The van der Waals surface area contributed by atoms with Gasteiger partial charge in [-0.15, -0.1) is 0 Å². The van der Waals surface area contributed by atoms with Crippen molar-refractivity contribution in [2.45, 2.75) is 51.2 Å². The predicted molar refractivity (Wildman–Crippen MR) is 82.4 cm³/mol. The summed E-state index contributed by atoms with van der Waals surface area (Å²) in [7, 11) is 0. The number of rotatable bonds is 1. The fraction of sp³-hybridized carbons (Fsp3) is 0.611. The van der Waals surface area contributed by atoms with Gasteiger partial charge in [0.1, 0.15) is 5.78 Å². The van der Waals surface area contributed by atoms with Crippen LogP contribution in [0.2, 0.25) is 0 Å². The van der Waals surface area contributed by atoms with E-state index in [1.165, 1.54) is 0 Å². The van der Waals surface area contributed by atoms with Crippen molar-refractivity contribution >= 4 is 11.7 Å². The van der Waals surface area contributed by atoms with Crippen molar-refractivity contribution in [3.63, 3.8) is 0 Å². The Morgan fingerprint density at radius 3 is 2.92 bits per heavy atom. The molecule has 25 heavy (non-hydrogen) atoms. The summed E-state index contributed by atoms with van der Waals surface area (Å²) >= 11 is 0. The third kappa shape index (κ3) is 2.64. The van der Waals surface area contributed by atoms with E-state index in [1.807, 2.05) is 0 Å². The number of aromatic nitrogens is 1. The monoisotopic (exact) mass is 352 g/mol. The average Bonchev–Trinajstić information content (AvgIpc) is 3.09. The van der Waals surface area contributed by atoms with E-state index < -0.39 is 17.2 Å². The van der Waals surface area contributed by atoms with Gasteiger partial charge in [-0.05, 0) is 30.4 Å². The zero-order valence-corrected chi connectivity index (χ0v) is 13.7. The minimum atomic E-state index is -4.44. The number of amides is 1. The molecule has 2 aliphatic carbocycles. The Hall–Kier alpha value is -1.92. The molecule has 2 fully saturated rings. The highest BCUT2D eigenvalue weighted by molar-refractivity contribution is 5.94. The molecule has 0 saturated heterocycles. The molecule has 2 saturated carbocycles. The lowest BCUT2D eigenvalue weighted by molar-refractivity contribution is -0.145. The number of ketones is 1. The van der Waals surface area contributed by atoms with Gasteiger partial charge in [0.25, 0.3) is 0 Å². The Morgan fingerprint density at radius 2 is 2.16 bits per heavy atom. The lowest BCUT2D eigenvalue weighted by Gasteiger charge is -2.37. The van der Waals surface area contributed by atoms with Crippen LogP contribution in [0.3, 0.4) is 0 Å². The number of Topliss-reactive ketones (excluding diaryl/α,β-unsaturated/α-hetero) is 1. The second-order valence-electron chi connectivity index (χ2n) is 7.47. The maximum absolute atomic E-state index is 13.2. The second kappa shape index (κ2) is 5.54. The van der Waals surface area contributed by atoms with Crippen LogP contribution in [0.1, 0.15) is 48.9 Å². The number of nitrogens with zero attached hydrogens (tertiary/aromatic N) is 2. The highest BCUT2D eigenvalue weighted by Gasteiger charge is 2.56. The number of alkyl halides is 3. The quantitative estimate of drug-likeness (QED) is 0.780. The number of carbonyl (C=O) groups excluding carboxylic acids is 2. The number of hydrogen-bond donors (Lipinski definition) is 0. The zero-order chi connectivity index (χ0) is 17.8. The fourth-order valence-corrected chi connectivity index (χ4v) is 4.80. The first-order valence-corrected chi connectivity index (χ1v) is 8.66. The summed E-state index contributed by atoms with van der Waals surface area (Å²) in [6.45, 7) is 0.598. The Bertz CT molecular complexity index is 746. The molecule has 3 aliphatic rings. The largest absolute Gasteiger partial charge is 0.417 e. The van der Waals surface area contributed by atoms with Crippen molar-refractivity contribution in [1.82, 2.24) is 9.88 Å². The molecule has 2 atom stereocenters. The van der Waals surface area contributed by atoms with Crippen LogP contribution >= 0.6 is 0 Å². The van der Waals surface area contributed by atoms with Gasteiger partial charge in [-0.3, -0.25) is 14.6 Å². The summed E-state index contributed by atoms with van der Waals surface area (Å²) < 4.78 is 38.8. The Kier molecular flexibility index (Phi) is 3.67. The van der Waals surface area contributed by atoms with Crippen LogP contribution in [0.25, 0.3) is 0 Å². The first-order chi connectivity index (χ1) is 11.8. The highest BCUT2D eigenvalue weighted by Crippen LogP contribution is 2.54. The summed E-state index contributed by atoms with van der Waals surface area (Å²) in [6.07, 6.45) is 0.172. The standard InChI is InChI=1S/C18H19F3N2O2/c19-18(20,21)13-6-11-10-23(5-3-15(11)22-9-13)16(25)17-4-1-2-12(17)7-14(24)8-17/h6,9,12H,1-5,7-8,10H2. The molecule has 0 spiro atoms. The topological polar surface area (TPSA) is 50.3 Å². The van der Waals surface area contributed by atoms with Crippen LogP contribution in [0, 0.1) is 11.3 Å². The molecule has 2 unspecified atom stereocenters. The molecular formula is C18H19F3N2O2. The molecular weight excluding hydrogens is 333 g/mol. The van der Waals surface area contributed by atoms with Crippen molar-refractivity contribution < 1.29 is 22.8 Å². The van der Waals surface area contributed by atoms with Gasteiger partial charge >= 0.3 is 6.18 Å². The molecule has 1 aromatic heterocycles. The maximum atomic E-state index is 13.2. The molecule has 1 amide bonds. The summed E-state index contributed by atoms with van der Waals surface area (Å²) in [6, 6.07) is 1.10. The minimum Gasteiger partial charge on any atom is -0.337 e. The average molecular weight is 352 g/mol. The van der Waals surface area contributed by atoms with Crippen molar-refractivity contribution in [3.05, 3.63) is 29.1 Å². The number of pyridine rings is 1. The highest BCUT2D eigenvalue weighted by atomic mass is 19.4. The van der Waals surface area contributed by atoms with Gasteiger partial charge in [0.05, 0.1) is 11.0 Å². The zero-order valence-electron chi connectivity index (χ0n) is 13.7. The predicted octanol–water partition coefficient (Wildman–Crippen LogP) is 3.13. The Balaban J connectivity index is 1.60. The van der Waals surface area contributed by atoms with Crippen LogP contribution in [-0.4, -0.2) is 28.1 Å². The third-order valence-electron chi connectivity index (χ3n) is 6.02. The van der Waals surface area contributed by atoms with Gasteiger partial charge in [0, 0.05) is 44.2 Å². The van der Waals surface area contributed by atoms with Crippen molar-refractivity contribution in [2.24, 2.45) is 11.3 Å². The minimum absolute atomic E-state index is 0.0519. The van der Waals surface area contributed by atoms with Crippen molar-refractivity contribution in [1.29, 1.82) is 0 Å². The van der Waals surface area contributed by atoms with E-state index in [1.54, 1.807) is 4.90 Å². The Labute approximate surface area is 143 Å². The first-order valence-electron chi connectivity index (χ1n) is 8.66. The van der Waals surface area contributed by atoms with Crippen molar-refractivity contribution in [2.75, 3.05) is 6.54 Å².